The summed E-state index contributed by atoms with van der Waals surface area (Å²) in [5, 5.41) is 2.67. The van der Waals surface area contributed by atoms with Gasteiger partial charge in [0.25, 0.3) is 5.91 Å². The van der Waals surface area contributed by atoms with Crippen LogP contribution in [0.4, 0.5) is 32.2 Å². The van der Waals surface area contributed by atoms with Crippen LogP contribution in [0.2, 0.25) is 0 Å². The van der Waals surface area contributed by atoms with Gasteiger partial charge in [-0.2, -0.15) is 26.3 Å². The normalized spacial score (nSPS) is 14.8. The van der Waals surface area contributed by atoms with Gasteiger partial charge in [0.2, 0.25) is 5.91 Å². The van der Waals surface area contributed by atoms with E-state index in [1.165, 1.54) is 53.7 Å². The van der Waals surface area contributed by atoms with Gasteiger partial charge < -0.3 is 20.4 Å². The van der Waals surface area contributed by atoms with E-state index in [4.69, 9.17) is 10.2 Å². The SMILES string of the molecule is Nc1ccc(/C=C/C(=O)NCc2cc3cc(-c4ccc(C(=O)N5CCC(C(F)(F)F)CC5)cn4)cc(C(F)(F)F)c3o2)cn1. The topological polar surface area (TPSA) is 114 Å². The number of furan rings is 1. The van der Waals surface area contributed by atoms with Crippen LogP contribution in [-0.4, -0.2) is 45.9 Å². The number of piperidine rings is 1. The Morgan fingerprint density at radius 3 is 2.36 bits per heavy atom. The number of benzene rings is 1. The number of fused-ring (bicyclic) bond motifs is 1. The van der Waals surface area contributed by atoms with E-state index in [9.17, 15) is 35.9 Å². The van der Waals surface area contributed by atoms with Crippen molar-refractivity contribution in [3.05, 3.63) is 83.4 Å². The van der Waals surface area contributed by atoms with Gasteiger partial charge in [0.05, 0.1) is 29.3 Å². The molecule has 1 fully saturated rings. The van der Waals surface area contributed by atoms with Crippen molar-refractivity contribution in [2.45, 2.75) is 31.7 Å². The van der Waals surface area contributed by atoms with Crippen molar-refractivity contribution in [3.63, 3.8) is 0 Å². The molecule has 1 aromatic carbocycles. The first-order chi connectivity index (χ1) is 20.8. The zero-order valence-electron chi connectivity index (χ0n) is 22.9. The Labute approximate surface area is 246 Å². The number of amides is 2. The Balaban J connectivity index is 1.31. The molecule has 1 aliphatic heterocycles. The maximum absolute atomic E-state index is 14.0. The molecule has 4 aromatic rings. The largest absolute Gasteiger partial charge is 0.459 e. The van der Waals surface area contributed by atoms with Crippen molar-refractivity contribution < 1.29 is 40.3 Å². The van der Waals surface area contributed by atoms with Crippen LogP contribution in [0.15, 0.2) is 65.4 Å². The predicted molar refractivity (Wildman–Crippen MR) is 149 cm³/mol. The molecular weight excluding hydrogens is 592 g/mol. The molecule has 0 aliphatic carbocycles. The van der Waals surface area contributed by atoms with Crippen LogP contribution in [0, 0.1) is 5.92 Å². The van der Waals surface area contributed by atoms with Gasteiger partial charge >= 0.3 is 12.4 Å². The number of nitrogens with one attached hydrogen (secondary N) is 1. The van der Waals surface area contributed by atoms with Crippen LogP contribution >= 0.6 is 0 Å². The molecule has 2 amide bonds. The van der Waals surface area contributed by atoms with E-state index in [2.05, 4.69) is 15.3 Å². The zero-order valence-corrected chi connectivity index (χ0v) is 22.9. The number of likely N-dealkylation sites (tertiary alicyclic amines) is 1. The van der Waals surface area contributed by atoms with Gasteiger partial charge in [-0.25, -0.2) is 4.98 Å². The number of alkyl halides is 6. The molecule has 14 heteroatoms. The van der Waals surface area contributed by atoms with Crippen LogP contribution < -0.4 is 11.1 Å². The molecule has 0 saturated carbocycles. The van der Waals surface area contributed by atoms with Crippen LogP contribution in [0.3, 0.4) is 0 Å². The van der Waals surface area contributed by atoms with Gasteiger partial charge in [0, 0.05) is 42.5 Å². The average Bonchev–Trinajstić information content (AvgIpc) is 3.41. The Morgan fingerprint density at radius 2 is 1.75 bits per heavy atom. The summed E-state index contributed by atoms with van der Waals surface area (Å²) in [6, 6.07) is 9.68. The van der Waals surface area contributed by atoms with Gasteiger partial charge in [0.1, 0.15) is 17.2 Å². The molecule has 5 rings (SSSR count). The van der Waals surface area contributed by atoms with Crippen molar-refractivity contribution in [2.24, 2.45) is 5.92 Å². The molecule has 44 heavy (non-hydrogen) atoms. The van der Waals surface area contributed by atoms with Crippen LogP contribution in [0.25, 0.3) is 28.3 Å². The summed E-state index contributed by atoms with van der Waals surface area (Å²) in [7, 11) is 0. The van der Waals surface area contributed by atoms with Gasteiger partial charge in [-0.1, -0.05) is 0 Å². The summed E-state index contributed by atoms with van der Waals surface area (Å²) in [6.45, 7) is -0.300. The Hall–Kier alpha value is -4.88. The van der Waals surface area contributed by atoms with E-state index in [-0.39, 0.29) is 60.4 Å². The third-order valence-corrected chi connectivity index (χ3v) is 7.20. The van der Waals surface area contributed by atoms with Crippen molar-refractivity contribution in [1.82, 2.24) is 20.2 Å². The van der Waals surface area contributed by atoms with Gasteiger partial charge in [-0.05, 0) is 66.9 Å². The first-order valence-electron chi connectivity index (χ1n) is 13.4. The summed E-state index contributed by atoms with van der Waals surface area (Å²) in [5.74, 6) is -2.07. The van der Waals surface area contributed by atoms with Gasteiger partial charge in [-0.15, -0.1) is 0 Å². The second-order valence-corrected chi connectivity index (χ2v) is 10.3. The maximum atomic E-state index is 14.0. The number of nitrogens with two attached hydrogens (primary N) is 1. The molecule has 1 saturated heterocycles. The van der Waals surface area contributed by atoms with Crippen LogP contribution in [0.5, 0.6) is 0 Å². The van der Waals surface area contributed by atoms with Gasteiger partial charge in [0.15, 0.2) is 0 Å². The lowest BCUT2D eigenvalue weighted by Gasteiger charge is -2.32. The fourth-order valence-corrected chi connectivity index (χ4v) is 4.86. The molecule has 0 atom stereocenters. The lowest BCUT2D eigenvalue weighted by Crippen LogP contribution is -2.42. The summed E-state index contributed by atoms with van der Waals surface area (Å²) in [5.41, 5.74) is 5.04. The van der Waals surface area contributed by atoms with E-state index in [0.717, 1.165) is 6.07 Å². The molecular formula is C30H25F6N5O3. The molecule has 0 bridgehead atoms. The molecule has 230 valence electrons. The molecule has 0 spiro atoms. The zero-order chi connectivity index (χ0) is 31.6. The monoisotopic (exact) mass is 617 g/mol. The maximum Gasteiger partial charge on any atom is 0.420 e. The smallest absolute Gasteiger partial charge is 0.420 e. The van der Waals surface area contributed by atoms with Crippen molar-refractivity contribution in [3.8, 4) is 11.3 Å². The second-order valence-electron chi connectivity index (χ2n) is 10.3. The summed E-state index contributed by atoms with van der Waals surface area (Å²) < 4.78 is 86.3. The molecule has 0 radical (unpaired) electrons. The Bertz CT molecular complexity index is 1690. The number of halogens is 6. The first kappa shape index (κ1) is 30.6. The van der Waals surface area contributed by atoms with Gasteiger partial charge in [-0.3, -0.25) is 14.6 Å². The number of anilines is 1. The predicted octanol–water partition coefficient (Wildman–Crippen LogP) is 6.23. The third kappa shape index (κ3) is 7.01. The van der Waals surface area contributed by atoms with Crippen molar-refractivity contribution in [2.75, 3.05) is 18.8 Å². The number of pyridine rings is 2. The highest BCUT2D eigenvalue weighted by atomic mass is 19.4. The molecule has 3 aromatic heterocycles. The minimum atomic E-state index is -4.78. The first-order valence-corrected chi connectivity index (χ1v) is 13.4. The Morgan fingerprint density at radius 1 is 1.00 bits per heavy atom. The summed E-state index contributed by atoms with van der Waals surface area (Å²) in [6.07, 6.45) is -4.09. The molecule has 4 heterocycles. The minimum Gasteiger partial charge on any atom is -0.459 e. The number of rotatable bonds is 6. The highest BCUT2D eigenvalue weighted by molar-refractivity contribution is 5.94. The lowest BCUT2D eigenvalue weighted by atomic mass is 9.96. The summed E-state index contributed by atoms with van der Waals surface area (Å²) >= 11 is 0. The van der Waals surface area contributed by atoms with E-state index in [1.807, 2.05) is 0 Å². The molecule has 3 N–H and O–H groups in total. The number of nitrogens with zero attached hydrogens (tertiary/aromatic N) is 3. The fourth-order valence-electron chi connectivity index (χ4n) is 4.86. The van der Waals surface area contributed by atoms with E-state index < -0.39 is 41.2 Å². The van der Waals surface area contributed by atoms with Crippen LogP contribution in [-0.2, 0) is 17.5 Å². The lowest BCUT2D eigenvalue weighted by molar-refractivity contribution is -0.183. The van der Waals surface area contributed by atoms with Crippen LogP contribution in [0.1, 0.15) is 40.1 Å². The highest BCUT2D eigenvalue weighted by Gasteiger charge is 2.42. The average molecular weight is 618 g/mol. The fraction of sp³-hybridized carbons (Fsp3) is 0.267. The highest BCUT2D eigenvalue weighted by Crippen LogP contribution is 2.39. The standard InChI is InChI=1S/C30H25F6N5O3/c31-29(32,33)21-7-9-41(10-8-21)28(43)18-3-4-24(38-15-18)19-11-20-12-22(44-27(20)23(13-19)30(34,35)36)16-40-26(42)6-2-17-1-5-25(37)39-14-17/h1-6,11-15,21H,7-10,16H2,(H2,37,39)(H,40,42)/b6-2+. The molecule has 1 aliphatic rings. The van der Waals surface area contributed by atoms with E-state index in [1.54, 1.807) is 12.1 Å². The number of hydrogen-bond acceptors (Lipinski definition) is 6. The van der Waals surface area contributed by atoms with E-state index >= 15 is 0 Å². The number of aromatic nitrogens is 2. The second kappa shape index (κ2) is 12.0. The van der Waals surface area contributed by atoms with Crippen molar-refractivity contribution in [1.29, 1.82) is 0 Å². The quantitative estimate of drug-likeness (QED) is 0.196. The third-order valence-electron chi connectivity index (χ3n) is 7.20. The number of carbonyl (C=O) groups is 2. The number of nitrogen functional groups attached to an aromatic ring is 1. The number of hydrogen-bond donors (Lipinski definition) is 2. The van der Waals surface area contributed by atoms with Crippen molar-refractivity contribution >= 4 is 34.7 Å². The molecule has 8 nitrogen and oxygen atoms in total. The number of carbonyl (C=O) groups excluding carboxylic acids is 2. The minimum absolute atomic E-state index is 0.0595. The summed E-state index contributed by atoms with van der Waals surface area (Å²) in [4.78, 5) is 34.4. The Kier molecular flexibility index (Phi) is 8.35. The van der Waals surface area contributed by atoms with E-state index in [0.29, 0.717) is 11.4 Å². The molecule has 0 unspecified atom stereocenters.